The summed E-state index contributed by atoms with van der Waals surface area (Å²) in [5, 5.41) is 10.2. The third kappa shape index (κ3) is 4.29. The van der Waals surface area contributed by atoms with Gasteiger partial charge in [0, 0.05) is 38.4 Å². The summed E-state index contributed by atoms with van der Waals surface area (Å²) >= 11 is 0. The second-order valence-corrected chi connectivity index (χ2v) is 5.80. The lowest BCUT2D eigenvalue weighted by molar-refractivity contribution is 0.120. The maximum atomic E-state index is 13.7. The first-order valence-corrected chi connectivity index (χ1v) is 7.34. The monoisotopic (exact) mass is 302 g/mol. The summed E-state index contributed by atoms with van der Waals surface area (Å²) in [7, 11) is 5.93. The standard InChI is InChI=1S/C18H23FN2O/c1-20(2)15-8-6-7-14(11-15)12-21(3)13-18(22)16-9-4-5-10-17(16)19/h4-11,18,22H,12-13H2,1-3H3. The van der Waals surface area contributed by atoms with Gasteiger partial charge >= 0.3 is 0 Å². The van der Waals surface area contributed by atoms with Crippen LogP contribution in [-0.4, -0.2) is 37.7 Å². The number of halogens is 1. The topological polar surface area (TPSA) is 26.7 Å². The van der Waals surface area contributed by atoms with Crippen molar-refractivity contribution >= 4 is 5.69 Å². The van der Waals surface area contributed by atoms with Crippen molar-refractivity contribution in [2.45, 2.75) is 12.6 Å². The highest BCUT2D eigenvalue weighted by molar-refractivity contribution is 5.47. The van der Waals surface area contributed by atoms with Crippen molar-refractivity contribution in [3.05, 3.63) is 65.5 Å². The largest absolute Gasteiger partial charge is 0.387 e. The van der Waals surface area contributed by atoms with Crippen molar-refractivity contribution in [1.82, 2.24) is 4.90 Å². The van der Waals surface area contributed by atoms with E-state index in [-0.39, 0.29) is 5.82 Å². The number of likely N-dealkylation sites (N-methyl/N-ethyl adjacent to an activating group) is 1. The lowest BCUT2D eigenvalue weighted by Crippen LogP contribution is -2.24. The van der Waals surface area contributed by atoms with Crippen molar-refractivity contribution in [3.8, 4) is 0 Å². The van der Waals surface area contributed by atoms with Crippen LogP contribution in [0, 0.1) is 5.82 Å². The Kier molecular flexibility index (Phi) is 5.52. The van der Waals surface area contributed by atoms with Crippen LogP contribution in [0.3, 0.4) is 0 Å². The number of aliphatic hydroxyl groups excluding tert-OH is 1. The number of hydrogen-bond acceptors (Lipinski definition) is 3. The first kappa shape index (κ1) is 16.5. The van der Waals surface area contributed by atoms with Crippen LogP contribution in [-0.2, 0) is 6.54 Å². The molecule has 3 nitrogen and oxygen atoms in total. The van der Waals surface area contributed by atoms with Crippen LogP contribution in [0.15, 0.2) is 48.5 Å². The van der Waals surface area contributed by atoms with Gasteiger partial charge in [-0.15, -0.1) is 0 Å². The van der Waals surface area contributed by atoms with Gasteiger partial charge in [-0.25, -0.2) is 4.39 Å². The lowest BCUT2D eigenvalue weighted by Gasteiger charge is -2.22. The predicted octanol–water partition coefficient (Wildman–Crippen LogP) is 3.06. The highest BCUT2D eigenvalue weighted by Gasteiger charge is 2.14. The Morgan fingerprint density at radius 1 is 1.05 bits per heavy atom. The molecule has 0 fully saturated rings. The number of aliphatic hydroxyl groups is 1. The van der Waals surface area contributed by atoms with E-state index in [4.69, 9.17) is 0 Å². The number of anilines is 1. The molecule has 4 heteroatoms. The maximum Gasteiger partial charge on any atom is 0.129 e. The molecule has 0 saturated heterocycles. The predicted molar refractivity (Wildman–Crippen MR) is 88.5 cm³/mol. The average molecular weight is 302 g/mol. The number of nitrogens with zero attached hydrogens (tertiary/aromatic N) is 2. The number of hydrogen-bond donors (Lipinski definition) is 1. The van der Waals surface area contributed by atoms with Crippen molar-refractivity contribution in [1.29, 1.82) is 0 Å². The molecule has 2 rings (SSSR count). The smallest absolute Gasteiger partial charge is 0.129 e. The van der Waals surface area contributed by atoms with Crippen LogP contribution >= 0.6 is 0 Å². The summed E-state index contributed by atoms with van der Waals surface area (Å²) in [6.07, 6.45) is -0.830. The van der Waals surface area contributed by atoms with E-state index < -0.39 is 6.10 Å². The molecule has 1 atom stereocenters. The van der Waals surface area contributed by atoms with Crippen molar-refractivity contribution < 1.29 is 9.50 Å². The zero-order chi connectivity index (χ0) is 16.1. The van der Waals surface area contributed by atoms with E-state index in [1.54, 1.807) is 18.2 Å². The fraction of sp³-hybridized carbons (Fsp3) is 0.333. The van der Waals surface area contributed by atoms with Gasteiger partial charge in [-0.05, 0) is 30.8 Å². The molecule has 0 aliphatic rings. The Balaban J connectivity index is 1.99. The molecular formula is C18H23FN2O. The SMILES string of the molecule is CN(Cc1cccc(N(C)C)c1)CC(O)c1ccccc1F. The van der Waals surface area contributed by atoms with E-state index in [0.717, 1.165) is 11.3 Å². The zero-order valence-corrected chi connectivity index (χ0v) is 13.3. The van der Waals surface area contributed by atoms with Crippen LogP contribution in [0.25, 0.3) is 0 Å². The highest BCUT2D eigenvalue weighted by Crippen LogP contribution is 2.19. The fourth-order valence-electron chi connectivity index (χ4n) is 2.45. The lowest BCUT2D eigenvalue weighted by atomic mass is 10.1. The van der Waals surface area contributed by atoms with Gasteiger partial charge in [0.15, 0.2) is 0 Å². The summed E-state index contributed by atoms with van der Waals surface area (Å²) in [6, 6.07) is 14.6. The van der Waals surface area contributed by atoms with E-state index in [2.05, 4.69) is 23.1 Å². The molecule has 0 bridgehead atoms. The molecular weight excluding hydrogens is 279 g/mol. The van der Waals surface area contributed by atoms with E-state index in [9.17, 15) is 9.50 Å². The average Bonchev–Trinajstić information content (AvgIpc) is 2.47. The van der Waals surface area contributed by atoms with Gasteiger partial charge in [0.25, 0.3) is 0 Å². The minimum atomic E-state index is -0.830. The van der Waals surface area contributed by atoms with Crippen LogP contribution < -0.4 is 4.90 Å². The molecule has 118 valence electrons. The Hall–Kier alpha value is -1.91. The summed E-state index contributed by atoms with van der Waals surface area (Å²) in [5.74, 6) is -0.363. The third-order valence-corrected chi connectivity index (χ3v) is 3.63. The Labute approximate surface area is 131 Å². The molecule has 2 aromatic rings. The van der Waals surface area contributed by atoms with Crippen LogP contribution in [0.5, 0.6) is 0 Å². The quantitative estimate of drug-likeness (QED) is 0.888. The number of rotatable bonds is 6. The van der Waals surface area contributed by atoms with Gasteiger partial charge in [-0.1, -0.05) is 30.3 Å². The Morgan fingerprint density at radius 2 is 1.77 bits per heavy atom. The third-order valence-electron chi connectivity index (χ3n) is 3.63. The Bertz CT molecular complexity index is 616. The normalized spacial score (nSPS) is 12.5. The molecule has 0 heterocycles. The summed E-state index contributed by atoms with van der Waals surface area (Å²) in [5.41, 5.74) is 2.64. The van der Waals surface area contributed by atoms with Gasteiger partial charge in [0.2, 0.25) is 0 Å². The van der Waals surface area contributed by atoms with Crippen LogP contribution in [0.2, 0.25) is 0 Å². The first-order chi connectivity index (χ1) is 10.5. The molecule has 1 N–H and O–H groups in total. The van der Waals surface area contributed by atoms with Crippen molar-refractivity contribution in [2.75, 3.05) is 32.6 Å². The molecule has 0 aliphatic carbocycles. The maximum absolute atomic E-state index is 13.7. The second kappa shape index (κ2) is 7.38. The van der Waals surface area contributed by atoms with E-state index in [0.29, 0.717) is 18.7 Å². The van der Waals surface area contributed by atoms with E-state index in [1.807, 2.05) is 32.1 Å². The van der Waals surface area contributed by atoms with Crippen LogP contribution in [0.4, 0.5) is 10.1 Å². The second-order valence-electron chi connectivity index (χ2n) is 5.80. The van der Waals surface area contributed by atoms with Gasteiger partial charge in [0.1, 0.15) is 5.82 Å². The molecule has 1 unspecified atom stereocenters. The van der Waals surface area contributed by atoms with Gasteiger partial charge in [0.05, 0.1) is 6.10 Å². The molecule has 0 spiro atoms. The molecule has 2 aromatic carbocycles. The van der Waals surface area contributed by atoms with E-state index in [1.165, 1.54) is 6.07 Å². The first-order valence-electron chi connectivity index (χ1n) is 7.34. The van der Waals surface area contributed by atoms with Gasteiger partial charge in [-0.3, -0.25) is 4.90 Å². The molecule has 0 amide bonds. The highest BCUT2D eigenvalue weighted by atomic mass is 19.1. The van der Waals surface area contributed by atoms with Crippen molar-refractivity contribution in [3.63, 3.8) is 0 Å². The Morgan fingerprint density at radius 3 is 2.45 bits per heavy atom. The molecule has 0 radical (unpaired) electrons. The summed E-state index contributed by atoms with van der Waals surface area (Å²) < 4.78 is 13.7. The summed E-state index contributed by atoms with van der Waals surface area (Å²) in [6.45, 7) is 1.08. The van der Waals surface area contributed by atoms with E-state index >= 15 is 0 Å². The molecule has 0 saturated carbocycles. The molecule has 22 heavy (non-hydrogen) atoms. The fourth-order valence-corrected chi connectivity index (χ4v) is 2.45. The molecule has 0 aliphatic heterocycles. The molecule has 0 aromatic heterocycles. The zero-order valence-electron chi connectivity index (χ0n) is 13.3. The summed E-state index contributed by atoms with van der Waals surface area (Å²) in [4.78, 5) is 4.05. The minimum Gasteiger partial charge on any atom is -0.387 e. The van der Waals surface area contributed by atoms with Gasteiger partial charge in [-0.2, -0.15) is 0 Å². The van der Waals surface area contributed by atoms with Crippen LogP contribution in [0.1, 0.15) is 17.2 Å². The van der Waals surface area contributed by atoms with Crippen molar-refractivity contribution in [2.24, 2.45) is 0 Å². The van der Waals surface area contributed by atoms with Gasteiger partial charge < -0.3 is 10.0 Å². The minimum absolute atomic E-state index is 0.344. The number of benzene rings is 2.